The Bertz CT molecular complexity index is 647. The second-order valence-corrected chi connectivity index (χ2v) is 4.55. The van der Waals surface area contributed by atoms with Crippen LogP contribution in [0.2, 0.25) is 0 Å². The van der Waals surface area contributed by atoms with Crippen LogP contribution in [0.15, 0.2) is 18.2 Å². The zero-order valence-corrected chi connectivity index (χ0v) is 10.8. The third-order valence-corrected chi connectivity index (χ3v) is 2.87. The summed E-state index contributed by atoms with van der Waals surface area (Å²) in [6.07, 6.45) is -5.69. The number of rotatable bonds is 3. The van der Waals surface area contributed by atoms with E-state index in [0.29, 0.717) is 11.3 Å². The summed E-state index contributed by atoms with van der Waals surface area (Å²) >= 11 is 0. The van der Waals surface area contributed by atoms with Crippen LogP contribution in [0.4, 0.5) is 27.6 Å². The first kappa shape index (κ1) is 15.2. The van der Waals surface area contributed by atoms with Crippen LogP contribution >= 0.6 is 0 Å². The van der Waals surface area contributed by atoms with Crippen LogP contribution < -0.4 is 5.73 Å². The van der Waals surface area contributed by atoms with E-state index in [2.05, 4.69) is 15.2 Å². The fourth-order valence-corrected chi connectivity index (χ4v) is 1.68. The van der Waals surface area contributed by atoms with E-state index < -0.39 is 17.9 Å². The number of hydrogen-bond donors (Lipinski definition) is 2. The number of benzene rings is 1. The molecule has 0 aliphatic rings. The maximum atomic E-state index is 13.0. The van der Waals surface area contributed by atoms with Crippen LogP contribution in [-0.2, 0) is 12.3 Å². The number of nitrogens with two attached hydrogens (primary N) is 1. The first-order valence-electron chi connectivity index (χ1n) is 5.82. The molecule has 9 heteroatoms. The number of anilines is 1. The van der Waals surface area contributed by atoms with Gasteiger partial charge in [-0.05, 0) is 24.1 Å². The van der Waals surface area contributed by atoms with E-state index in [1.54, 1.807) is 25.1 Å². The highest BCUT2D eigenvalue weighted by Crippen LogP contribution is 2.42. The van der Waals surface area contributed by atoms with E-state index in [1.165, 1.54) is 0 Å². The number of H-pyrrole nitrogens is 1. The molecule has 0 radical (unpaired) electrons. The van der Waals surface area contributed by atoms with Gasteiger partial charge in [0.05, 0.1) is 0 Å². The molecule has 0 fully saturated rings. The number of aryl methyl sites for hydroxylation is 1. The van der Waals surface area contributed by atoms with Gasteiger partial charge in [0.1, 0.15) is 5.82 Å². The first-order chi connectivity index (χ1) is 9.61. The molecule has 0 bridgehead atoms. The largest absolute Gasteiger partial charge is 0.461 e. The van der Waals surface area contributed by atoms with Crippen molar-refractivity contribution in [3.8, 4) is 0 Å². The molecule has 2 rings (SSSR count). The molecule has 0 aliphatic carbocycles. The van der Waals surface area contributed by atoms with Crippen LogP contribution in [0, 0.1) is 6.92 Å². The van der Waals surface area contributed by atoms with Crippen molar-refractivity contribution in [2.24, 2.45) is 0 Å². The summed E-state index contributed by atoms with van der Waals surface area (Å²) in [6, 6.07) is 4.94. The van der Waals surface area contributed by atoms with Gasteiger partial charge in [0.2, 0.25) is 5.82 Å². The Morgan fingerprint density at radius 3 is 2.43 bits per heavy atom. The molecule has 4 nitrogen and oxygen atoms in total. The maximum absolute atomic E-state index is 13.0. The van der Waals surface area contributed by atoms with Crippen molar-refractivity contribution < 1.29 is 22.0 Å². The normalized spacial score (nSPS) is 12.7. The van der Waals surface area contributed by atoms with Crippen LogP contribution in [0.5, 0.6) is 0 Å². The summed E-state index contributed by atoms with van der Waals surface area (Å²) in [6.45, 7) is 1.75. The molecule has 0 spiro atoms. The van der Waals surface area contributed by atoms with Crippen molar-refractivity contribution in [2.75, 3.05) is 5.73 Å². The lowest BCUT2D eigenvalue weighted by atomic mass is 10.1. The lowest BCUT2D eigenvalue weighted by Gasteiger charge is -2.15. The van der Waals surface area contributed by atoms with Crippen molar-refractivity contribution in [3.63, 3.8) is 0 Å². The van der Waals surface area contributed by atoms with Gasteiger partial charge in [-0.25, -0.2) is 4.98 Å². The number of nitrogen functional groups attached to an aromatic ring is 1. The van der Waals surface area contributed by atoms with Gasteiger partial charge in [-0.15, -0.1) is 0 Å². The average molecular weight is 306 g/mol. The standard InChI is InChI=1S/C12H11F5N4/c1-6-4-7(2-3-8(6)18)5-9-19-10(21-20-9)11(13,14)12(15,16)17/h2-4H,5,18H2,1H3,(H,19,20,21). The molecule has 1 aromatic carbocycles. The lowest BCUT2D eigenvalue weighted by molar-refractivity contribution is -0.292. The van der Waals surface area contributed by atoms with E-state index in [1.807, 2.05) is 0 Å². The average Bonchev–Trinajstić information content (AvgIpc) is 2.81. The maximum Gasteiger partial charge on any atom is 0.461 e. The second-order valence-electron chi connectivity index (χ2n) is 4.55. The van der Waals surface area contributed by atoms with Crippen molar-refractivity contribution >= 4 is 5.69 Å². The molecule has 2 aromatic rings. The molecule has 1 heterocycles. The summed E-state index contributed by atoms with van der Waals surface area (Å²) in [5, 5.41) is 5.05. The second kappa shape index (κ2) is 4.97. The summed E-state index contributed by atoms with van der Waals surface area (Å²) in [7, 11) is 0. The highest BCUT2D eigenvalue weighted by Gasteiger charge is 2.61. The topological polar surface area (TPSA) is 67.6 Å². The molecule has 0 amide bonds. The minimum absolute atomic E-state index is 0.0437. The highest BCUT2D eigenvalue weighted by atomic mass is 19.4. The minimum Gasteiger partial charge on any atom is -0.399 e. The van der Waals surface area contributed by atoms with Gasteiger partial charge in [0.25, 0.3) is 0 Å². The molecular weight excluding hydrogens is 295 g/mol. The van der Waals surface area contributed by atoms with Crippen LogP contribution in [0.25, 0.3) is 0 Å². The van der Waals surface area contributed by atoms with Crippen LogP contribution in [-0.4, -0.2) is 21.4 Å². The first-order valence-corrected chi connectivity index (χ1v) is 5.82. The number of nitrogens with zero attached hydrogens (tertiary/aromatic N) is 2. The molecule has 0 aliphatic heterocycles. The molecule has 1 aromatic heterocycles. The predicted octanol–water partition coefficient (Wildman–Crippen LogP) is 2.94. The van der Waals surface area contributed by atoms with Gasteiger partial charge in [0.15, 0.2) is 0 Å². The van der Waals surface area contributed by atoms with Crippen LogP contribution in [0.1, 0.15) is 22.8 Å². The number of aromatic nitrogens is 3. The zero-order chi connectivity index (χ0) is 15.8. The minimum atomic E-state index is -5.73. The number of halogens is 5. The Hall–Kier alpha value is -2.19. The van der Waals surface area contributed by atoms with E-state index in [0.717, 1.165) is 5.56 Å². The van der Waals surface area contributed by atoms with Crippen molar-refractivity contribution in [1.82, 2.24) is 15.2 Å². The molecule has 3 N–H and O–H groups in total. The zero-order valence-electron chi connectivity index (χ0n) is 10.8. The quantitative estimate of drug-likeness (QED) is 0.677. The van der Waals surface area contributed by atoms with Gasteiger partial charge >= 0.3 is 12.1 Å². The molecular formula is C12H11F5N4. The molecule has 114 valence electrons. The van der Waals surface area contributed by atoms with E-state index in [4.69, 9.17) is 5.73 Å². The Morgan fingerprint density at radius 1 is 1.19 bits per heavy atom. The summed E-state index contributed by atoms with van der Waals surface area (Å²) < 4.78 is 62.7. The van der Waals surface area contributed by atoms with Gasteiger partial charge < -0.3 is 5.73 Å². The van der Waals surface area contributed by atoms with Crippen molar-refractivity contribution in [1.29, 1.82) is 0 Å². The SMILES string of the molecule is Cc1cc(Cc2nc(C(F)(F)C(F)(F)F)n[nH]2)ccc1N. The van der Waals surface area contributed by atoms with E-state index >= 15 is 0 Å². The highest BCUT2D eigenvalue weighted by molar-refractivity contribution is 5.48. The summed E-state index contributed by atoms with van der Waals surface area (Å²) in [4.78, 5) is 3.23. The Labute approximate surface area is 116 Å². The molecule has 0 saturated carbocycles. The van der Waals surface area contributed by atoms with Crippen molar-refractivity contribution in [3.05, 3.63) is 41.0 Å². The Balaban J connectivity index is 2.22. The third-order valence-electron chi connectivity index (χ3n) is 2.87. The van der Waals surface area contributed by atoms with E-state index in [-0.39, 0.29) is 12.2 Å². The summed E-state index contributed by atoms with van der Waals surface area (Å²) in [5.41, 5.74) is 7.62. The van der Waals surface area contributed by atoms with Gasteiger partial charge in [-0.2, -0.15) is 27.1 Å². The summed E-state index contributed by atoms with van der Waals surface area (Å²) in [5.74, 6) is -6.76. The number of nitrogens with one attached hydrogen (secondary N) is 1. The third kappa shape index (κ3) is 2.96. The molecule has 0 unspecified atom stereocenters. The van der Waals surface area contributed by atoms with Gasteiger partial charge in [-0.3, -0.25) is 5.10 Å². The van der Waals surface area contributed by atoms with Crippen LogP contribution in [0.3, 0.4) is 0 Å². The Kier molecular flexibility index (Phi) is 3.60. The number of alkyl halides is 5. The smallest absolute Gasteiger partial charge is 0.399 e. The van der Waals surface area contributed by atoms with Gasteiger partial charge in [0, 0.05) is 12.1 Å². The van der Waals surface area contributed by atoms with E-state index in [9.17, 15) is 22.0 Å². The van der Waals surface area contributed by atoms with Crippen molar-refractivity contribution in [2.45, 2.75) is 25.4 Å². The number of aromatic amines is 1. The monoisotopic (exact) mass is 306 g/mol. The molecule has 0 atom stereocenters. The fourth-order valence-electron chi connectivity index (χ4n) is 1.68. The van der Waals surface area contributed by atoms with Gasteiger partial charge in [-0.1, -0.05) is 12.1 Å². The Morgan fingerprint density at radius 2 is 1.86 bits per heavy atom. The molecule has 0 saturated heterocycles. The lowest BCUT2D eigenvalue weighted by Crippen LogP contribution is -2.34. The number of hydrogen-bond acceptors (Lipinski definition) is 3. The predicted molar refractivity (Wildman–Crippen MR) is 64.7 cm³/mol. The fraction of sp³-hybridized carbons (Fsp3) is 0.333. The molecule has 21 heavy (non-hydrogen) atoms.